The zero-order chi connectivity index (χ0) is 32.2. The van der Waals surface area contributed by atoms with Crippen LogP contribution in [0.15, 0.2) is 81.7 Å². The molecule has 234 valence electrons. The highest BCUT2D eigenvalue weighted by Gasteiger charge is 2.35. The number of fused-ring (bicyclic) bond motifs is 1. The monoisotopic (exact) mass is 666 g/mol. The molecule has 4 aromatic rings. The van der Waals surface area contributed by atoms with E-state index in [-0.39, 0.29) is 24.9 Å². The third-order valence-electron chi connectivity index (χ3n) is 6.98. The predicted molar refractivity (Wildman–Crippen MR) is 176 cm³/mol. The summed E-state index contributed by atoms with van der Waals surface area (Å²) in [5, 5.41) is 1.05. The Morgan fingerprint density at radius 2 is 1.84 bits per heavy atom. The van der Waals surface area contributed by atoms with Gasteiger partial charge in [-0.15, -0.1) is 0 Å². The number of aromatic nitrogens is 1. The normalized spacial score (nSPS) is 14.7. The molecule has 3 aromatic carbocycles. The Bertz CT molecular complexity index is 1960. The van der Waals surface area contributed by atoms with E-state index in [0.29, 0.717) is 53.5 Å². The first-order valence-corrected chi connectivity index (χ1v) is 15.9. The number of thiazole rings is 1. The van der Waals surface area contributed by atoms with E-state index >= 15 is 0 Å². The van der Waals surface area contributed by atoms with Gasteiger partial charge in [0.25, 0.3) is 5.56 Å². The molecule has 0 fully saturated rings. The molecule has 5 rings (SSSR count). The standard InChI is InChI=1S/C34H32Cl2N2O6S/c1-6-42-33(40)30-20(4)37-34-38(31(30)24-9-7-8-10-26(24)44-19(2)3)32(39)29(45-34)16-21-11-14-27(28(15-21)41-5)43-18-22-12-13-23(35)17-25(22)36/h7-17,19,31H,6,18H2,1-5H3/b29-16+/t31-/m1/s1. The van der Waals surface area contributed by atoms with Crippen LogP contribution in [-0.2, 0) is 16.1 Å². The van der Waals surface area contributed by atoms with Crippen LogP contribution in [0.5, 0.6) is 17.2 Å². The molecule has 1 aliphatic rings. The lowest BCUT2D eigenvalue weighted by atomic mass is 9.95. The minimum absolute atomic E-state index is 0.122. The number of para-hydroxylation sites is 1. The van der Waals surface area contributed by atoms with Crippen molar-refractivity contribution >= 4 is 46.6 Å². The van der Waals surface area contributed by atoms with Gasteiger partial charge in [-0.3, -0.25) is 9.36 Å². The topological polar surface area (TPSA) is 88.4 Å². The molecule has 1 aliphatic heterocycles. The van der Waals surface area contributed by atoms with Gasteiger partial charge in [0, 0.05) is 21.2 Å². The van der Waals surface area contributed by atoms with Gasteiger partial charge < -0.3 is 18.9 Å². The highest BCUT2D eigenvalue weighted by molar-refractivity contribution is 7.07. The Morgan fingerprint density at radius 1 is 1.07 bits per heavy atom. The van der Waals surface area contributed by atoms with Gasteiger partial charge in [0.2, 0.25) is 0 Å². The highest BCUT2D eigenvalue weighted by Crippen LogP contribution is 2.36. The molecule has 45 heavy (non-hydrogen) atoms. The van der Waals surface area contributed by atoms with Crippen LogP contribution in [0.1, 0.15) is 50.4 Å². The number of esters is 1. The smallest absolute Gasteiger partial charge is 0.338 e. The van der Waals surface area contributed by atoms with Crippen molar-refractivity contribution in [2.24, 2.45) is 4.99 Å². The maximum atomic E-state index is 14.1. The Kier molecular flexibility index (Phi) is 10.0. The van der Waals surface area contributed by atoms with E-state index in [0.717, 1.165) is 11.1 Å². The molecule has 0 amide bonds. The molecule has 11 heteroatoms. The van der Waals surface area contributed by atoms with Crippen LogP contribution in [-0.4, -0.2) is 30.4 Å². The lowest BCUT2D eigenvalue weighted by Crippen LogP contribution is -2.40. The van der Waals surface area contributed by atoms with Gasteiger partial charge in [-0.05, 0) is 69.7 Å². The second-order valence-electron chi connectivity index (χ2n) is 10.4. The van der Waals surface area contributed by atoms with Crippen molar-refractivity contribution in [1.29, 1.82) is 0 Å². The Hall–Kier alpha value is -4.05. The molecule has 0 unspecified atom stereocenters. The average molecular weight is 668 g/mol. The fraction of sp³-hybridized carbons (Fsp3) is 0.265. The maximum Gasteiger partial charge on any atom is 0.338 e. The Morgan fingerprint density at radius 3 is 2.56 bits per heavy atom. The molecular weight excluding hydrogens is 635 g/mol. The molecule has 2 heterocycles. The molecule has 0 N–H and O–H groups in total. The van der Waals surface area contributed by atoms with Crippen LogP contribution in [0.25, 0.3) is 6.08 Å². The molecule has 0 spiro atoms. The van der Waals surface area contributed by atoms with E-state index in [9.17, 15) is 9.59 Å². The van der Waals surface area contributed by atoms with Gasteiger partial charge in [-0.25, -0.2) is 9.79 Å². The van der Waals surface area contributed by atoms with Crippen molar-refractivity contribution < 1.29 is 23.7 Å². The van der Waals surface area contributed by atoms with E-state index in [2.05, 4.69) is 4.99 Å². The predicted octanol–water partition coefficient (Wildman–Crippen LogP) is 6.48. The quantitative estimate of drug-likeness (QED) is 0.180. The summed E-state index contributed by atoms with van der Waals surface area (Å²) in [4.78, 5) is 32.5. The number of benzene rings is 3. The van der Waals surface area contributed by atoms with Gasteiger partial charge in [0.1, 0.15) is 18.4 Å². The van der Waals surface area contributed by atoms with Crippen molar-refractivity contribution in [2.75, 3.05) is 13.7 Å². The zero-order valence-electron chi connectivity index (χ0n) is 25.4. The first-order chi connectivity index (χ1) is 21.6. The van der Waals surface area contributed by atoms with Crippen LogP contribution in [0.4, 0.5) is 0 Å². The third-order valence-corrected chi connectivity index (χ3v) is 8.55. The molecule has 0 aliphatic carbocycles. The SMILES string of the molecule is CCOC(=O)C1=C(C)N=c2s/c(=C/c3ccc(OCc4ccc(Cl)cc4Cl)c(OC)c3)c(=O)n2[C@@H]1c1ccccc1OC(C)C. The second-order valence-corrected chi connectivity index (χ2v) is 12.3. The fourth-order valence-corrected chi connectivity index (χ4v) is 6.50. The summed E-state index contributed by atoms with van der Waals surface area (Å²) in [6.45, 7) is 7.74. The molecule has 1 atom stereocenters. The molecule has 0 bridgehead atoms. The number of methoxy groups -OCH3 is 1. The maximum absolute atomic E-state index is 14.1. The number of halogens is 2. The number of hydrogen-bond acceptors (Lipinski definition) is 8. The van der Waals surface area contributed by atoms with E-state index in [4.69, 9.17) is 42.1 Å². The van der Waals surface area contributed by atoms with Gasteiger partial charge in [-0.2, -0.15) is 0 Å². The van der Waals surface area contributed by atoms with Crippen molar-refractivity contribution in [2.45, 2.75) is 46.4 Å². The number of nitrogens with zero attached hydrogens (tertiary/aromatic N) is 2. The first kappa shape index (κ1) is 32.3. The summed E-state index contributed by atoms with van der Waals surface area (Å²) in [6, 6.07) is 17.2. The number of carbonyl (C=O) groups is 1. The van der Waals surface area contributed by atoms with E-state index in [1.165, 1.54) is 11.3 Å². The molecule has 0 saturated carbocycles. The number of allylic oxidation sites excluding steroid dienone is 1. The summed E-state index contributed by atoms with van der Waals surface area (Å²) >= 11 is 13.5. The molecule has 8 nitrogen and oxygen atoms in total. The van der Waals surface area contributed by atoms with E-state index < -0.39 is 12.0 Å². The first-order valence-electron chi connectivity index (χ1n) is 14.3. The van der Waals surface area contributed by atoms with E-state index in [1.807, 2.05) is 44.2 Å². The second kappa shape index (κ2) is 13.9. The molecule has 1 aromatic heterocycles. The Labute approximate surface area is 274 Å². The van der Waals surface area contributed by atoms with Crippen LogP contribution in [0.3, 0.4) is 0 Å². The van der Waals surface area contributed by atoms with E-state index in [1.54, 1.807) is 61.9 Å². The number of hydrogen-bond donors (Lipinski definition) is 0. The van der Waals surface area contributed by atoms with Crippen molar-refractivity contribution in [3.63, 3.8) is 0 Å². The van der Waals surface area contributed by atoms with Crippen molar-refractivity contribution in [3.8, 4) is 17.2 Å². The zero-order valence-corrected chi connectivity index (χ0v) is 27.8. The molecular formula is C34H32Cl2N2O6S. The van der Waals surface area contributed by atoms with Crippen molar-refractivity contribution in [1.82, 2.24) is 4.57 Å². The van der Waals surface area contributed by atoms with Gasteiger partial charge in [0.05, 0.1) is 35.6 Å². The highest BCUT2D eigenvalue weighted by atomic mass is 35.5. The van der Waals surface area contributed by atoms with Crippen LogP contribution in [0.2, 0.25) is 10.0 Å². The number of ether oxygens (including phenoxy) is 4. The number of carbonyl (C=O) groups excluding carboxylic acids is 1. The van der Waals surface area contributed by atoms with Crippen molar-refractivity contribution in [3.05, 3.63) is 118 Å². The third kappa shape index (κ3) is 6.96. The lowest BCUT2D eigenvalue weighted by molar-refractivity contribution is -0.139. The van der Waals surface area contributed by atoms with Crippen LogP contribution < -0.4 is 29.1 Å². The largest absolute Gasteiger partial charge is 0.493 e. The summed E-state index contributed by atoms with van der Waals surface area (Å²) in [6.07, 6.45) is 1.64. The summed E-state index contributed by atoms with van der Waals surface area (Å²) in [7, 11) is 1.55. The minimum Gasteiger partial charge on any atom is -0.493 e. The Balaban J connectivity index is 1.57. The summed E-state index contributed by atoms with van der Waals surface area (Å²) < 4.78 is 25.1. The summed E-state index contributed by atoms with van der Waals surface area (Å²) in [5.41, 5.74) is 2.64. The van der Waals surface area contributed by atoms with Gasteiger partial charge in [-0.1, -0.05) is 64.9 Å². The minimum atomic E-state index is -0.789. The fourth-order valence-electron chi connectivity index (χ4n) is 4.99. The lowest BCUT2D eigenvalue weighted by Gasteiger charge is -2.26. The average Bonchev–Trinajstić information content (AvgIpc) is 3.30. The van der Waals surface area contributed by atoms with Crippen LogP contribution in [0, 0.1) is 0 Å². The number of rotatable bonds is 10. The van der Waals surface area contributed by atoms with Gasteiger partial charge in [0.15, 0.2) is 16.3 Å². The van der Waals surface area contributed by atoms with Gasteiger partial charge >= 0.3 is 5.97 Å². The molecule has 0 radical (unpaired) electrons. The van der Waals surface area contributed by atoms with Crippen LogP contribution >= 0.6 is 34.5 Å². The molecule has 0 saturated heterocycles. The summed E-state index contributed by atoms with van der Waals surface area (Å²) in [5.74, 6) is 1.04.